The summed E-state index contributed by atoms with van der Waals surface area (Å²) >= 11 is 0. The van der Waals surface area contributed by atoms with Crippen LogP contribution in [0.1, 0.15) is 32.6 Å². The van der Waals surface area contributed by atoms with E-state index in [0.29, 0.717) is 41.8 Å². The van der Waals surface area contributed by atoms with Gasteiger partial charge in [0.15, 0.2) is 0 Å². The third-order valence-corrected chi connectivity index (χ3v) is 5.73. The molecular formula is C16H22O4. The number of hydrogen-bond donors (Lipinski definition) is 1. The first-order valence-electron chi connectivity index (χ1n) is 7.52. The molecular weight excluding hydrogens is 256 g/mol. The first-order chi connectivity index (χ1) is 9.47. The third kappa shape index (κ3) is 2.15. The van der Waals surface area contributed by atoms with Crippen LogP contribution in [-0.4, -0.2) is 23.7 Å². The topological polar surface area (TPSA) is 63.6 Å². The lowest BCUT2D eigenvalue weighted by molar-refractivity contribution is -0.142. The van der Waals surface area contributed by atoms with Crippen LogP contribution in [0, 0.1) is 35.5 Å². The number of aliphatic carboxylic acids is 1. The van der Waals surface area contributed by atoms with E-state index in [0.717, 1.165) is 19.3 Å². The fourth-order valence-electron chi connectivity index (χ4n) is 4.91. The maximum Gasteiger partial charge on any atom is 0.333 e. The van der Waals surface area contributed by atoms with E-state index in [2.05, 4.69) is 6.58 Å². The maximum absolute atomic E-state index is 11.5. The summed E-state index contributed by atoms with van der Waals surface area (Å²) in [5.41, 5.74) is 0.442. The van der Waals surface area contributed by atoms with Gasteiger partial charge < -0.3 is 9.84 Å². The van der Waals surface area contributed by atoms with E-state index in [1.165, 1.54) is 6.42 Å². The molecule has 1 N–H and O–H groups in total. The summed E-state index contributed by atoms with van der Waals surface area (Å²) in [5, 5.41) is 9.19. The van der Waals surface area contributed by atoms with Gasteiger partial charge in [-0.1, -0.05) is 6.58 Å². The van der Waals surface area contributed by atoms with Crippen molar-refractivity contribution in [2.24, 2.45) is 35.5 Å². The van der Waals surface area contributed by atoms with Crippen molar-refractivity contribution in [1.29, 1.82) is 0 Å². The Bertz CT molecular complexity index is 455. The van der Waals surface area contributed by atoms with E-state index >= 15 is 0 Å². The predicted molar refractivity (Wildman–Crippen MR) is 72.8 cm³/mol. The molecule has 3 aliphatic rings. The van der Waals surface area contributed by atoms with Crippen molar-refractivity contribution in [3.63, 3.8) is 0 Å². The molecule has 6 atom stereocenters. The second-order valence-electron chi connectivity index (χ2n) is 6.87. The average molecular weight is 278 g/mol. The lowest BCUT2D eigenvalue weighted by Crippen LogP contribution is -2.28. The molecule has 3 fully saturated rings. The second-order valence-corrected chi connectivity index (χ2v) is 6.87. The van der Waals surface area contributed by atoms with Crippen LogP contribution in [0.25, 0.3) is 0 Å². The molecule has 0 aromatic carbocycles. The minimum atomic E-state index is -0.635. The van der Waals surface area contributed by atoms with Crippen molar-refractivity contribution >= 4 is 11.9 Å². The summed E-state index contributed by atoms with van der Waals surface area (Å²) < 4.78 is 5.31. The number of carbonyl (C=O) groups is 2. The summed E-state index contributed by atoms with van der Waals surface area (Å²) in [4.78, 5) is 22.6. The SMILES string of the molecule is C=C(C)C(=O)OCC1CC2CC1C1CC(C(=O)O)CC21. The highest BCUT2D eigenvalue weighted by Gasteiger charge is 2.56. The number of rotatable bonds is 4. The Morgan fingerprint density at radius 3 is 2.50 bits per heavy atom. The molecule has 6 unspecified atom stereocenters. The van der Waals surface area contributed by atoms with E-state index < -0.39 is 5.97 Å². The van der Waals surface area contributed by atoms with Gasteiger partial charge >= 0.3 is 11.9 Å². The number of carboxylic acid groups (broad SMARTS) is 1. The highest BCUT2D eigenvalue weighted by atomic mass is 16.5. The summed E-state index contributed by atoms with van der Waals surface area (Å²) in [5.74, 6) is 1.71. The van der Waals surface area contributed by atoms with Crippen LogP contribution in [0.2, 0.25) is 0 Å². The zero-order valence-corrected chi connectivity index (χ0v) is 11.9. The lowest BCUT2D eigenvalue weighted by atomic mass is 9.76. The number of carboxylic acids is 1. The first kappa shape index (κ1) is 13.7. The Kier molecular flexibility index (Phi) is 3.35. The monoisotopic (exact) mass is 278 g/mol. The standard InChI is InChI=1S/C16H22O4/c1-8(2)16(19)20-7-11-3-9-4-13(11)14-6-10(15(17)18)5-12(9)14/h9-14H,1,3-7H2,2H3,(H,17,18). The molecule has 110 valence electrons. The van der Waals surface area contributed by atoms with Crippen LogP contribution < -0.4 is 0 Å². The van der Waals surface area contributed by atoms with Gasteiger partial charge in [-0.05, 0) is 62.2 Å². The van der Waals surface area contributed by atoms with Gasteiger partial charge in [0.25, 0.3) is 0 Å². The van der Waals surface area contributed by atoms with Gasteiger partial charge in [-0.2, -0.15) is 0 Å². The van der Waals surface area contributed by atoms with Gasteiger partial charge in [-0.3, -0.25) is 4.79 Å². The minimum absolute atomic E-state index is 0.146. The maximum atomic E-state index is 11.5. The highest BCUT2D eigenvalue weighted by molar-refractivity contribution is 5.86. The molecule has 0 heterocycles. The smallest absolute Gasteiger partial charge is 0.333 e. The molecule has 3 aliphatic carbocycles. The first-order valence-corrected chi connectivity index (χ1v) is 7.52. The number of carbonyl (C=O) groups excluding carboxylic acids is 1. The molecule has 0 amide bonds. The largest absolute Gasteiger partial charge is 0.481 e. The van der Waals surface area contributed by atoms with Crippen molar-refractivity contribution in [2.75, 3.05) is 6.61 Å². The Morgan fingerprint density at radius 2 is 1.85 bits per heavy atom. The molecule has 0 aromatic heterocycles. The molecule has 4 heteroatoms. The van der Waals surface area contributed by atoms with Crippen molar-refractivity contribution in [3.05, 3.63) is 12.2 Å². The van der Waals surface area contributed by atoms with E-state index in [1.807, 2.05) is 0 Å². The van der Waals surface area contributed by atoms with Crippen LogP contribution in [0.4, 0.5) is 0 Å². The summed E-state index contributed by atoms with van der Waals surface area (Å²) in [7, 11) is 0. The van der Waals surface area contributed by atoms with Gasteiger partial charge in [0, 0.05) is 5.57 Å². The third-order valence-electron chi connectivity index (χ3n) is 5.73. The van der Waals surface area contributed by atoms with Crippen LogP contribution in [0.3, 0.4) is 0 Å². The molecule has 0 radical (unpaired) electrons. The quantitative estimate of drug-likeness (QED) is 0.634. The van der Waals surface area contributed by atoms with E-state index in [-0.39, 0.29) is 11.9 Å². The van der Waals surface area contributed by atoms with Crippen LogP contribution in [0.15, 0.2) is 12.2 Å². The molecule has 0 aliphatic heterocycles. The summed E-state index contributed by atoms with van der Waals surface area (Å²) in [6.45, 7) is 5.73. The van der Waals surface area contributed by atoms with E-state index in [9.17, 15) is 14.7 Å². The lowest BCUT2D eigenvalue weighted by Gasteiger charge is -2.31. The van der Waals surface area contributed by atoms with Crippen molar-refractivity contribution in [1.82, 2.24) is 0 Å². The second kappa shape index (κ2) is 4.90. The molecule has 3 rings (SSSR count). The average Bonchev–Trinajstić information content (AvgIpc) is 3.05. The van der Waals surface area contributed by atoms with Crippen molar-refractivity contribution in [2.45, 2.75) is 32.6 Å². The molecule has 4 nitrogen and oxygen atoms in total. The van der Waals surface area contributed by atoms with Crippen molar-refractivity contribution in [3.8, 4) is 0 Å². The molecule has 20 heavy (non-hydrogen) atoms. The molecule has 0 spiro atoms. The fourth-order valence-corrected chi connectivity index (χ4v) is 4.91. The van der Waals surface area contributed by atoms with Crippen LogP contribution in [-0.2, 0) is 14.3 Å². The predicted octanol–water partition coefficient (Wildman–Crippen LogP) is 2.49. The minimum Gasteiger partial charge on any atom is -0.481 e. The van der Waals surface area contributed by atoms with Gasteiger partial charge in [-0.15, -0.1) is 0 Å². The van der Waals surface area contributed by atoms with Gasteiger partial charge in [0.1, 0.15) is 0 Å². The van der Waals surface area contributed by atoms with Crippen LogP contribution in [0.5, 0.6) is 0 Å². The van der Waals surface area contributed by atoms with Crippen molar-refractivity contribution < 1.29 is 19.4 Å². The Balaban J connectivity index is 1.59. The Hall–Kier alpha value is -1.32. The van der Waals surface area contributed by atoms with Gasteiger partial charge in [0.2, 0.25) is 0 Å². The normalized spacial score (nSPS) is 41.5. The molecule has 0 saturated heterocycles. The summed E-state index contributed by atoms with van der Waals surface area (Å²) in [6.07, 6.45) is 3.99. The fraction of sp³-hybridized carbons (Fsp3) is 0.750. The number of fused-ring (bicyclic) bond motifs is 5. The van der Waals surface area contributed by atoms with E-state index in [4.69, 9.17) is 4.74 Å². The summed E-state index contributed by atoms with van der Waals surface area (Å²) in [6, 6.07) is 0. The number of hydrogen-bond acceptors (Lipinski definition) is 3. The Labute approximate surface area is 119 Å². The Morgan fingerprint density at radius 1 is 1.15 bits per heavy atom. The zero-order chi connectivity index (χ0) is 14.4. The molecule has 2 bridgehead atoms. The van der Waals surface area contributed by atoms with Gasteiger partial charge in [-0.25, -0.2) is 4.79 Å². The van der Waals surface area contributed by atoms with E-state index in [1.54, 1.807) is 6.92 Å². The molecule has 0 aromatic rings. The zero-order valence-electron chi connectivity index (χ0n) is 11.9. The van der Waals surface area contributed by atoms with Gasteiger partial charge in [0.05, 0.1) is 12.5 Å². The number of ether oxygens (including phenoxy) is 1. The highest BCUT2D eigenvalue weighted by Crippen LogP contribution is 2.62. The molecule has 3 saturated carbocycles. The number of esters is 1. The van der Waals surface area contributed by atoms with Crippen LogP contribution >= 0.6 is 0 Å².